The van der Waals surface area contributed by atoms with Crippen LogP contribution < -0.4 is 0 Å². The third-order valence-electron chi connectivity index (χ3n) is 5.46. The average Bonchev–Trinajstić information content (AvgIpc) is 3.22. The molecule has 4 rings (SSSR count). The highest BCUT2D eigenvalue weighted by Crippen LogP contribution is 2.23. The smallest absolute Gasteiger partial charge is 0.242 e. The molecule has 0 unspecified atom stereocenters. The van der Waals surface area contributed by atoms with Crippen molar-refractivity contribution in [3.63, 3.8) is 0 Å². The molecule has 0 saturated carbocycles. The summed E-state index contributed by atoms with van der Waals surface area (Å²) in [6.07, 6.45) is 10.7. The van der Waals surface area contributed by atoms with Crippen molar-refractivity contribution in [3.8, 4) is 11.4 Å². The van der Waals surface area contributed by atoms with Gasteiger partial charge in [-0.05, 0) is 44.2 Å². The van der Waals surface area contributed by atoms with Gasteiger partial charge in [-0.3, -0.25) is 9.78 Å². The lowest BCUT2D eigenvalue weighted by Crippen LogP contribution is -2.45. The van der Waals surface area contributed by atoms with Crippen LogP contribution in [0.15, 0.2) is 67.1 Å². The molecule has 1 aliphatic heterocycles. The summed E-state index contributed by atoms with van der Waals surface area (Å²) in [6, 6.07) is 16.4. The Morgan fingerprint density at radius 1 is 1.00 bits per heavy atom. The van der Waals surface area contributed by atoms with Gasteiger partial charge >= 0.3 is 0 Å². The Hall–Kier alpha value is -2.95. The first kappa shape index (κ1) is 18.4. The van der Waals surface area contributed by atoms with Gasteiger partial charge in [0.25, 0.3) is 0 Å². The second-order valence-electron chi connectivity index (χ2n) is 7.34. The minimum Gasteiger partial charge on any atom is -0.338 e. The summed E-state index contributed by atoms with van der Waals surface area (Å²) >= 11 is 0. The highest BCUT2D eigenvalue weighted by molar-refractivity contribution is 5.77. The molecule has 3 aromatic rings. The van der Waals surface area contributed by atoms with Crippen LogP contribution in [0.1, 0.15) is 31.4 Å². The molecule has 1 aliphatic rings. The number of amides is 1. The lowest BCUT2D eigenvalue weighted by atomic mass is 9.97. The molecule has 1 fully saturated rings. The third kappa shape index (κ3) is 4.30. The molecule has 0 radical (unpaired) electrons. The maximum absolute atomic E-state index is 13.1. The van der Waals surface area contributed by atoms with Crippen molar-refractivity contribution in [1.82, 2.24) is 19.4 Å². The fourth-order valence-corrected chi connectivity index (χ4v) is 4.01. The number of piperidine rings is 1. The minimum atomic E-state index is 0.181. The number of aromatic nitrogens is 3. The minimum absolute atomic E-state index is 0.181. The van der Waals surface area contributed by atoms with Crippen LogP contribution in [0, 0.1) is 0 Å². The Morgan fingerprint density at radius 3 is 2.68 bits per heavy atom. The number of imidazole rings is 1. The van der Waals surface area contributed by atoms with E-state index in [2.05, 4.69) is 20.9 Å². The zero-order valence-corrected chi connectivity index (χ0v) is 16.1. The van der Waals surface area contributed by atoms with Gasteiger partial charge < -0.3 is 9.47 Å². The average molecular weight is 374 g/mol. The molecular formula is C23H26N4O. The number of carbonyl (C=O) groups is 1. The van der Waals surface area contributed by atoms with E-state index in [1.807, 2.05) is 59.4 Å². The quantitative estimate of drug-likeness (QED) is 0.656. The molecule has 5 nitrogen and oxygen atoms in total. The van der Waals surface area contributed by atoms with Crippen molar-refractivity contribution in [2.45, 2.75) is 44.7 Å². The second-order valence-corrected chi connectivity index (χ2v) is 7.34. The number of hydrogen-bond donors (Lipinski definition) is 0. The Morgan fingerprint density at radius 2 is 1.86 bits per heavy atom. The SMILES string of the molecule is O=C(Cn1ccnc1-c1ccccc1)N1CCCC[C@H]1CCc1ccccn1. The van der Waals surface area contributed by atoms with Gasteiger partial charge in [-0.2, -0.15) is 0 Å². The van der Waals surface area contributed by atoms with Crippen molar-refractivity contribution < 1.29 is 4.79 Å². The Balaban J connectivity index is 1.44. The van der Waals surface area contributed by atoms with Crippen molar-refractivity contribution in [1.29, 1.82) is 0 Å². The van der Waals surface area contributed by atoms with E-state index in [0.29, 0.717) is 12.6 Å². The number of likely N-dealkylation sites (tertiary alicyclic amines) is 1. The van der Waals surface area contributed by atoms with E-state index in [1.165, 1.54) is 6.42 Å². The predicted octanol–water partition coefficient (Wildman–Crippen LogP) is 3.96. The van der Waals surface area contributed by atoms with E-state index in [4.69, 9.17) is 0 Å². The van der Waals surface area contributed by atoms with Crippen LogP contribution in [0.3, 0.4) is 0 Å². The van der Waals surface area contributed by atoms with Crippen LogP contribution in [0.2, 0.25) is 0 Å². The highest BCUT2D eigenvalue weighted by atomic mass is 16.2. The Kier molecular flexibility index (Phi) is 5.80. The number of pyridine rings is 1. The topological polar surface area (TPSA) is 51.0 Å². The van der Waals surface area contributed by atoms with Crippen LogP contribution in [-0.2, 0) is 17.8 Å². The van der Waals surface area contributed by atoms with E-state index < -0.39 is 0 Å². The summed E-state index contributed by atoms with van der Waals surface area (Å²) in [7, 11) is 0. The third-order valence-corrected chi connectivity index (χ3v) is 5.46. The van der Waals surface area contributed by atoms with E-state index in [-0.39, 0.29) is 5.91 Å². The fraction of sp³-hybridized carbons (Fsp3) is 0.348. The van der Waals surface area contributed by atoms with Crippen molar-refractivity contribution in [2.24, 2.45) is 0 Å². The van der Waals surface area contributed by atoms with E-state index in [0.717, 1.165) is 49.3 Å². The maximum atomic E-state index is 13.1. The van der Waals surface area contributed by atoms with Gasteiger partial charge in [0.1, 0.15) is 12.4 Å². The Bertz CT molecular complexity index is 891. The van der Waals surface area contributed by atoms with Crippen molar-refractivity contribution >= 4 is 5.91 Å². The van der Waals surface area contributed by atoms with Gasteiger partial charge in [-0.1, -0.05) is 36.4 Å². The zero-order valence-electron chi connectivity index (χ0n) is 16.1. The largest absolute Gasteiger partial charge is 0.338 e. The molecule has 1 amide bonds. The molecule has 28 heavy (non-hydrogen) atoms. The van der Waals surface area contributed by atoms with Crippen LogP contribution in [0.5, 0.6) is 0 Å². The van der Waals surface area contributed by atoms with Gasteiger partial charge in [0.15, 0.2) is 0 Å². The van der Waals surface area contributed by atoms with Gasteiger partial charge in [-0.15, -0.1) is 0 Å². The first-order chi connectivity index (χ1) is 13.8. The van der Waals surface area contributed by atoms with Gasteiger partial charge in [0, 0.05) is 42.4 Å². The summed E-state index contributed by atoms with van der Waals surface area (Å²) in [6.45, 7) is 1.19. The summed E-state index contributed by atoms with van der Waals surface area (Å²) in [4.78, 5) is 24.1. The molecule has 0 N–H and O–H groups in total. The first-order valence-corrected chi connectivity index (χ1v) is 10.1. The van der Waals surface area contributed by atoms with Crippen LogP contribution >= 0.6 is 0 Å². The van der Waals surface area contributed by atoms with E-state index in [9.17, 15) is 4.79 Å². The highest BCUT2D eigenvalue weighted by Gasteiger charge is 2.27. The maximum Gasteiger partial charge on any atom is 0.242 e. The van der Waals surface area contributed by atoms with Gasteiger partial charge in [0.05, 0.1) is 0 Å². The van der Waals surface area contributed by atoms with Gasteiger partial charge in [0.2, 0.25) is 5.91 Å². The summed E-state index contributed by atoms with van der Waals surface area (Å²) in [5.41, 5.74) is 2.13. The lowest BCUT2D eigenvalue weighted by molar-refractivity contribution is -0.135. The molecule has 0 aliphatic carbocycles. The number of hydrogen-bond acceptors (Lipinski definition) is 3. The Labute approximate surface area is 166 Å². The van der Waals surface area contributed by atoms with Crippen LogP contribution in [0.25, 0.3) is 11.4 Å². The normalized spacial score (nSPS) is 16.9. The molecule has 0 bridgehead atoms. The predicted molar refractivity (Wildman–Crippen MR) is 110 cm³/mol. The number of nitrogens with zero attached hydrogens (tertiary/aromatic N) is 4. The monoisotopic (exact) mass is 374 g/mol. The fourth-order valence-electron chi connectivity index (χ4n) is 4.01. The number of rotatable bonds is 6. The molecule has 1 aromatic carbocycles. The van der Waals surface area contributed by atoms with Crippen LogP contribution in [0.4, 0.5) is 0 Å². The van der Waals surface area contributed by atoms with E-state index in [1.54, 1.807) is 6.20 Å². The van der Waals surface area contributed by atoms with Gasteiger partial charge in [-0.25, -0.2) is 4.98 Å². The standard InChI is InChI=1S/C23H26N4O/c28-22(18-26-17-15-25-23(26)19-8-2-1-3-9-19)27-16-7-5-11-21(27)13-12-20-10-4-6-14-24-20/h1-4,6,8-10,14-15,17,21H,5,7,11-13,16,18H2/t21-/m0/s1. The molecule has 2 aromatic heterocycles. The molecule has 1 atom stereocenters. The van der Waals surface area contributed by atoms with Crippen molar-refractivity contribution in [2.75, 3.05) is 6.54 Å². The van der Waals surface area contributed by atoms with Crippen molar-refractivity contribution in [3.05, 3.63) is 72.8 Å². The lowest BCUT2D eigenvalue weighted by Gasteiger charge is -2.36. The number of benzene rings is 1. The molecule has 0 spiro atoms. The second kappa shape index (κ2) is 8.83. The number of aryl methyl sites for hydroxylation is 1. The molecular weight excluding hydrogens is 348 g/mol. The zero-order chi connectivity index (χ0) is 19.2. The summed E-state index contributed by atoms with van der Waals surface area (Å²) in [5, 5.41) is 0. The molecule has 144 valence electrons. The summed E-state index contributed by atoms with van der Waals surface area (Å²) < 4.78 is 1.96. The first-order valence-electron chi connectivity index (χ1n) is 10.1. The van der Waals surface area contributed by atoms with E-state index >= 15 is 0 Å². The molecule has 3 heterocycles. The molecule has 1 saturated heterocycles. The molecule has 5 heteroatoms. The van der Waals surface area contributed by atoms with Crippen LogP contribution in [-0.4, -0.2) is 37.9 Å². The summed E-state index contributed by atoms with van der Waals surface area (Å²) in [5.74, 6) is 1.02. The number of carbonyl (C=O) groups excluding carboxylic acids is 1.